The number of thioether (sulfide) groups is 1. The van der Waals surface area contributed by atoms with Crippen molar-refractivity contribution < 1.29 is 17.9 Å². The smallest absolute Gasteiger partial charge is 0.262 e. The van der Waals surface area contributed by atoms with E-state index in [9.17, 15) is 13.2 Å². The normalized spacial score (nSPS) is 11.0. The van der Waals surface area contributed by atoms with Gasteiger partial charge < -0.3 is 10.1 Å². The van der Waals surface area contributed by atoms with E-state index >= 15 is 0 Å². The molecule has 0 fully saturated rings. The number of sulfonamides is 1. The first-order valence-electron chi connectivity index (χ1n) is 9.13. The Labute approximate surface area is 180 Å². The fraction of sp³-hybridized carbons (Fsp3) is 0.136. The maximum Gasteiger partial charge on any atom is 0.262 e. The lowest BCUT2D eigenvalue weighted by Gasteiger charge is -2.13. The number of para-hydroxylation sites is 2. The molecule has 0 radical (unpaired) electrons. The lowest BCUT2D eigenvalue weighted by Crippen LogP contribution is -2.21. The van der Waals surface area contributed by atoms with Crippen LogP contribution in [0.4, 0.5) is 11.4 Å². The van der Waals surface area contributed by atoms with E-state index in [-0.39, 0.29) is 17.4 Å². The number of carbonyl (C=O) groups is 1. The minimum absolute atomic E-state index is 0.120. The monoisotopic (exact) mass is 442 g/mol. The molecule has 0 bridgehead atoms. The van der Waals surface area contributed by atoms with Crippen molar-refractivity contribution in [2.45, 2.75) is 16.7 Å². The van der Waals surface area contributed by atoms with Crippen LogP contribution < -0.4 is 14.8 Å². The Bertz CT molecular complexity index is 1130. The van der Waals surface area contributed by atoms with E-state index in [0.717, 1.165) is 10.6 Å². The highest BCUT2D eigenvalue weighted by Crippen LogP contribution is 2.25. The van der Waals surface area contributed by atoms with Gasteiger partial charge in [0.2, 0.25) is 0 Å². The van der Waals surface area contributed by atoms with E-state index in [4.69, 9.17) is 4.74 Å². The molecular weight excluding hydrogens is 420 g/mol. The predicted octanol–water partition coefficient (Wildman–Crippen LogP) is 4.54. The Balaban J connectivity index is 1.65. The van der Waals surface area contributed by atoms with E-state index in [1.807, 2.05) is 36.6 Å². The summed E-state index contributed by atoms with van der Waals surface area (Å²) >= 11 is 1.54. The number of nitrogens with one attached hydrogen (secondary N) is 2. The van der Waals surface area contributed by atoms with Crippen LogP contribution in [0.1, 0.15) is 5.56 Å². The summed E-state index contributed by atoms with van der Waals surface area (Å²) in [6.45, 7) is 1.55. The maximum absolute atomic E-state index is 12.6. The van der Waals surface area contributed by atoms with Crippen molar-refractivity contribution in [3.63, 3.8) is 0 Å². The summed E-state index contributed by atoms with van der Waals surface area (Å²) in [7, 11) is -3.72. The number of hydrogen-bond donors (Lipinski definition) is 2. The zero-order valence-corrected chi connectivity index (χ0v) is 18.2. The lowest BCUT2D eigenvalue weighted by molar-refractivity contribution is -0.118. The molecule has 6 nitrogen and oxygen atoms in total. The molecule has 0 atom stereocenters. The zero-order valence-electron chi connectivity index (χ0n) is 16.6. The van der Waals surface area contributed by atoms with Gasteiger partial charge in [0, 0.05) is 10.6 Å². The Morgan fingerprint density at radius 1 is 1.00 bits per heavy atom. The van der Waals surface area contributed by atoms with Gasteiger partial charge in [0.05, 0.1) is 10.6 Å². The minimum Gasteiger partial charge on any atom is -0.483 e. The topological polar surface area (TPSA) is 84.5 Å². The zero-order chi connectivity index (χ0) is 21.6. The molecule has 0 saturated carbocycles. The quantitative estimate of drug-likeness (QED) is 0.501. The van der Waals surface area contributed by atoms with Crippen LogP contribution >= 0.6 is 11.8 Å². The molecular formula is C22H22N2O4S2. The van der Waals surface area contributed by atoms with Crippen molar-refractivity contribution in [2.75, 3.05) is 22.9 Å². The number of anilines is 2. The van der Waals surface area contributed by atoms with Crippen molar-refractivity contribution in [1.29, 1.82) is 0 Å². The summed E-state index contributed by atoms with van der Waals surface area (Å²) in [5.41, 5.74) is 1.82. The summed E-state index contributed by atoms with van der Waals surface area (Å²) < 4.78 is 33.3. The van der Waals surface area contributed by atoms with Crippen LogP contribution in [0.15, 0.2) is 82.6 Å². The second kappa shape index (κ2) is 9.69. The van der Waals surface area contributed by atoms with E-state index < -0.39 is 10.0 Å². The second-order valence-electron chi connectivity index (χ2n) is 6.44. The van der Waals surface area contributed by atoms with E-state index in [1.54, 1.807) is 49.0 Å². The SMILES string of the molecule is CSc1ccccc1NC(=O)COc1ccc(S(=O)(=O)Nc2ccccc2)cc1C. The van der Waals surface area contributed by atoms with Crippen LogP contribution in [-0.4, -0.2) is 27.2 Å². The summed E-state index contributed by atoms with van der Waals surface area (Å²) in [5, 5.41) is 2.82. The fourth-order valence-electron chi connectivity index (χ4n) is 2.75. The predicted molar refractivity (Wildman–Crippen MR) is 121 cm³/mol. The van der Waals surface area contributed by atoms with Gasteiger partial charge >= 0.3 is 0 Å². The van der Waals surface area contributed by atoms with Crippen LogP contribution in [0.5, 0.6) is 5.75 Å². The number of carbonyl (C=O) groups excluding carboxylic acids is 1. The second-order valence-corrected chi connectivity index (χ2v) is 8.97. The summed E-state index contributed by atoms with van der Waals surface area (Å²) in [6.07, 6.45) is 1.94. The van der Waals surface area contributed by atoms with Crippen molar-refractivity contribution in [1.82, 2.24) is 0 Å². The highest BCUT2D eigenvalue weighted by Gasteiger charge is 2.16. The fourth-order valence-corrected chi connectivity index (χ4v) is 4.45. The molecule has 0 aliphatic heterocycles. The maximum atomic E-state index is 12.6. The van der Waals surface area contributed by atoms with Crippen molar-refractivity contribution in [3.05, 3.63) is 78.4 Å². The van der Waals surface area contributed by atoms with Crippen LogP contribution in [0, 0.1) is 6.92 Å². The average Bonchev–Trinajstić information content (AvgIpc) is 2.73. The third-order valence-electron chi connectivity index (χ3n) is 4.22. The van der Waals surface area contributed by atoms with Crippen molar-refractivity contribution in [2.24, 2.45) is 0 Å². The Kier molecular flexibility index (Phi) is 7.02. The summed E-state index contributed by atoms with van der Waals surface area (Å²) in [4.78, 5) is 13.3. The van der Waals surface area contributed by atoms with Crippen LogP contribution in [0.25, 0.3) is 0 Å². The lowest BCUT2D eigenvalue weighted by atomic mass is 10.2. The molecule has 0 heterocycles. The molecule has 0 saturated heterocycles. The molecule has 156 valence electrons. The largest absolute Gasteiger partial charge is 0.483 e. The molecule has 0 spiro atoms. The third-order valence-corrected chi connectivity index (χ3v) is 6.40. The molecule has 30 heavy (non-hydrogen) atoms. The van der Waals surface area contributed by atoms with Gasteiger partial charge in [-0.2, -0.15) is 0 Å². The molecule has 3 aromatic carbocycles. The van der Waals surface area contributed by atoms with E-state index in [2.05, 4.69) is 10.0 Å². The summed E-state index contributed by atoms with van der Waals surface area (Å²) in [5.74, 6) is 0.153. The number of amides is 1. The van der Waals surface area contributed by atoms with Crippen molar-refractivity contribution in [3.8, 4) is 5.75 Å². The number of rotatable bonds is 8. The third kappa shape index (κ3) is 5.55. The number of hydrogen-bond acceptors (Lipinski definition) is 5. The van der Waals surface area contributed by atoms with Crippen LogP contribution in [0.2, 0.25) is 0 Å². The minimum atomic E-state index is -3.72. The van der Waals surface area contributed by atoms with Gasteiger partial charge in [0.15, 0.2) is 6.61 Å². The van der Waals surface area contributed by atoms with Crippen molar-refractivity contribution >= 4 is 39.1 Å². The Morgan fingerprint density at radius 3 is 2.40 bits per heavy atom. The highest BCUT2D eigenvalue weighted by atomic mass is 32.2. The molecule has 0 unspecified atom stereocenters. The van der Waals surface area contributed by atoms with Gasteiger partial charge in [-0.25, -0.2) is 8.42 Å². The average molecular weight is 443 g/mol. The van der Waals surface area contributed by atoms with Gasteiger partial charge in [0.25, 0.3) is 15.9 Å². The standard InChI is InChI=1S/C22H22N2O4S2/c1-16-14-18(30(26,27)24-17-8-4-3-5-9-17)12-13-20(16)28-15-22(25)23-19-10-6-7-11-21(19)29-2/h3-14,24H,15H2,1-2H3,(H,23,25). The van der Waals surface area contributed by atoms with E-state index in [0.29, 0.717) is 17.0 Å². The number of aryl methyl sites for hydroxylation is 1. The number of ether oxygens (including phenoxy) is 1. The molecule has 2 N–H and O–H groups in total. The Hall–Kier alpha value is -2.97. The highest BCUT2D eigenvalue weighted by molar-refractivity contribution is 7.98. The molecule has 0 aliphatic carbocycles. The molecule has 3 aromatic rings. The van der Waals surface area contributed by atoms with Crippen LogP contribution in [-0.2, 0) is 14.8 Å². The number of benzene rings is 3. The van der Waals surface area contributed by atoms with E-state index in [1.165, 1.54) is 12.1 Å². The van der Waals surface area contributed by atoms with Gasteiger partial charge in [-0.1, -0.05) is 30.3 Å². The first-order valence-corrected chi connectivity index (χ1v) is 11.8. The molecule has 1 amide bonds. The first-order chi connectivity index (χ1) is 14.4. The first kappa shape index (κ1) is 21.7. The molecule has 3 rings (SSSR count). The van der Waals surface area contributed by atoms with Crippen LogP contribution in [0.3, 0.4) is 0 Å². The van der Waals surface area contributed by atoms with Gasteiger partial charge in [-0.05, 0) is 61.2 Å². The molecule has 8 heteroatoms. The Morgan fingerprint density at radius 2 is 1.70 bits per heavy atom. The molecule has 0 aliphatic rings. The van der Waals surface area contributed by atoms with Gasteiger partial charge in [0.1, 0.15) is 5.75 Å². The molecule has 0 aromatic heterocycles. The van der Waals surface area contributed by atoms with Gasteiger partial charge in [-0.15, -0.1) is 11.8 Å². The summed E-state index contributed by atoms with van der Waals surface area (Å²) in [6, 6.07) is 20.7. The van der Waals surface area contributed by atoms with Gasteiger partial charge in [-0.3, -0.25) is 9.52 Å².